The van der Waals surface area contributed by atoms with E-state index in [4.69, 9.17) is 9.47 Å². The zero-order chi connectivity index (χ0) is 26.0. The molecule has 0 unspecified atom stereocenters. The quantitative estimate of drug-likeness (QED) is 0.229. The Morgan fingerprint density at radius 2 is 1.27 bits per heavy atom. The number of hydrogen-bond acceptors (Lipinski definition) is 5. The standard InChI is InChI=1S/C30H26N2O5/c1-2-36-30(35)37-27-18-14-24(15-19-27)28(33)31-20-21-8-16-26(17-9-21)32-29(34)25-12-10-23(11-13-25)22-6-4-3-5-7-22/h3-19H,2,20H2,1H3,(H,31,33)(H,32,34). The van der Waals surface area contributed by atoms with Crippen LogP contribution < -0.4 is 15.4 Å². The molecule has 7 nitrogen and oxygen atoms in total. The second-order valence-corrected chi connectivity index (χ2v) is 8.09. The summed E-state index contributed by atoms with van der Waals surface area (Å²) in [7, 11) is 0. The van der Waals surface area contributed by atoms with Gasteiger partial charge in [-0.25, -0.2) is 4.79 Å². The molecule has 0 aliphatic heterocycles. The Labute approximate surface area is 215 Å². The Morgan fingerprint density at radius 3 is 1.92 bits per heavy atom. The second kappa shape index (κ2) is 12.2. The number of ether oxygens (including phenoxy) is 2. The van der Waals surface area contributed by atoms with E-state index in [9.17, 15) is 14.4 Å². The predicted octanol–water partition coefficient (Wildman–Crippen LogP) is 6.07. The third-order valence-electron chi connectivity index (χ3n) is 5.50. The Kier molecular flexibility index (Phi) is 8.29. The largest absolute Gasteiger partial charge is 0.513 e. The van der Waals surface area contributed by atoms with Crippen LogP contribution in [0.4, 0.5) is 10.5 Å². The fourth-order valence-electron chi connectivity index (χ4n) is 3.56. The SMILES string of the molecule is CCOC(=O)Oc1ccc(C(=O)NCc2ccc(NC(=O)c3ccc(-c4ccccc4)cc3)cc2)cc1. The van der Waals surface area contributed by atoms with E-state index >= 15 is 0 Å². The van der Waals surface area contributed by atoms with Crippen LogP contribution >= 0.6 is 0 Å². The van der Waals surface area contributed by atoms with Gasteiger partial charge in [-0.3, -0.25) is 9.59 Å². The van der Waals surface area contributed by atoms with Gasteiger partial charge in [-0.2, -0.15) is 0 Å². The molecule has 2 N–H and O–H groups in total. The van der Waals surface area contributed by atoms with Crippen molar-refractivity contribution < 1.29 is 23.9 Å². The van der Waals surface area contributed by atoms with E-state index in [1.807, 2.05) is 54.6 Å². The maximum atomic E-state index is 12.6. The normalized spacial score (nSPS) is 10.3. The predicted molar refractivity (Wildman–Crippen MR) is 142 cm³/mol. The number of benzene rings is 4. The first-order valence-corrected chi connectivity index (χ1v) is 11.8. The lowest BCUT2D eigenvalue weighted by Gasteiger charge is -2.09. The summed E-state index contributed by atoms with van der Waals surface area (Å²) in [6, 6.07) is 30.9. The number of carbonyl (C=O) groups is 3. The number of anilines is 1. The summed E-state index contributed by atoms with van der Waals surface area (Å²) in [4.78, 5) is 36.4. The van der Waals surface area contributed by atoms with Crippen LogP contribution in [-0.2, 0) is 11.3 Å². The molecule has 0 atom stereocenters. The molecule has 0 radical (unpaired) electrons. The summed E-state index contributed by atoms with van der Waals surface area (Å²) in [5.41, 5.74) is 4.67. The summed E-state index contributed by atoms with van der Waals surface area (Å²) >= 11 is 0. The third-order valence-corrected chi connectivity index (χ3v) is 5.50. The molecule has 4 aromatic rings. The van der Waals surface area contributed by atoms with Gasteiger partial charge in [0.2, 0.25) is 0 Å². The Bertz CT molecular complexity index is 1350. The van der Waals surface area contributed by atoms with E-state index in [2.05, 4.69) is 10.6 Å². The van der Waals surface area contributed by atoms with Crippen molar-refractivity contribution in [3.63, 3.8) is 0 Å². The minimum atomic E-state index is -0.791. The number of carbonyl (C=O) groups excluding carboxylic acids is 3. The van der Waals surface area contributed by atoms with Crippen molar-refractivity contribution in [2.24, 2.45) is 0 Å². The van der Waals surface area contributed by atoms with Gasteiger partial charge in [0.1, 0.15) is 5.75 Å². The first-order chi connectivity index (χ1) is 18.0. The molecule has 0 aromatic heterocycles. The highest BCUT2D eigenvalue weighted by Crippen LogP contribution is 2.20. The Morgan fingerprint density at radius 1 is 0.676 bits per heavy atom. The molecule has 0 fully saturated rings. The summed E-state index contributed by atoms with van der Waals surface area (Å²) in [6.07, 6.45) is -0.791. The van der Waals surface area contributed by atoms with Gasteiger partial charge in [0.05, 0.1) is 6.61 Å². The molecular weight excluding hydrogens is 468 g/mol. The lowest BCUT2D eigenvalue weighted by Crippen LogP contribution is -2.22. The molecule has 0 bridgehead atoms. The summed E-state index contributed by atoms with van der Waals surface area (Å²) in [5, 5.41) is 5.73. The molecule has 2 amide bonds. The molecule has 0 saturated heterocycles. The molecule has 0 heterocycles. The highest BCUT2D eigenvalue weighted by molar-refractivity contribution is 6.04. The monoisotopic (exact) mass is 494 g/mol. The lowest BCUT2D eigenvalue weighted by atomic mass is 10.0. The van der Waals surface area contributed by atoms with E-state index in [-0.39, 0.29) is 18.4 Å². The average Bonchev–Trinajstić information content (AvgIpc) is 2.93. The number of rotatable bonds is 8. The van der Waals surface area contributed by atoms with Crippen molar-refractivity contribution >= 4 is 23.7 Å². The van der Waals surface area contributed by atoms with Crippen LogP contribution in [0.2, 0.25) is 0 Å². The molecule has 0 spiro atoms. The Hall–Kier alpha value is -4.91. The van der Waals surface area contributed by atoms with Crippen LogP contribution in [0.25, 0.3) is 11.1 Å². The van der Waals surface area contributed by atoms with Gasteiger partial charge >= 0.3 is 6.16 Å². The number of nitrogens with one attached hydrogen (secondary N) is 2. The topological polar surface area (TPSA) is 93.7 Å². The van der Waals surface area contributed by atoms with Crippen LogP contribution in [0, 0.1) is 0 Å². The average molecular weight is 495 g/mol. The highest BCUT2D eigenvalue weighted by atomic mass is 16.7. The van der Waals surface area contributed by atoms with Crippen molar-refractivity contribution in [1.82, 2.24) is 5.32 Å². The smallest absolute Gasteiger partial charge is 0.434 e. The minimum absolute atomic E-state index is 0.198. The van der Waals surface area contributed by atoms with Gasteiger partial charge in [0.15, 0.2) is 0 Å². The first kappa shape index (κ1) is 25.2. The molecule has 186 valence electrons. The van der Waals surface area contributed by atoms with Crippen molar-refractivity contribution in [2.75, 3.05) is 11.9 Å². The molecule has 0 aliphatic rings. The van der Waals surface area contributed by atoms with Crippen LogP contribution in [0.3, 0.4) is 0 Å². The van der Waals surface area contributed by atoms with Gasteiger partial charge in [-0.15, -0.1) is 0 Å². The molecule has 4 rings (SSSR count). The Balaban J connectivity index is 1.27. The molecule has 4 aromatic carbocycles. The molecule has 0 saturated carbocycles. The zero-order valence-electron chi connectivity index (χ0n) is 20.3. The van der Waals surface area contributed by atoms with Crippen LogP contribution in [0.1, 0.15) is 33.2 Å². The van der Waals surface area contributed by atoms with Gasteiger partial charge in [0, 0.05) is 23.4 Å². The minimum Gasteiger partial charge on any atom is -0.434 e. The maximum Gasteiger partial charge on any atom is 0.513 e. The van der Waals surface area contributed by atoms with Gasteiger partial charge in [-0.1, -0.05) is 54.6 Å². The fourth-order valence-corrected chi connectivity index (χ4v) is 3.56. The lowest BCUT2D eigenvalue weighted by molar-refractivity contribution is 0.0950. The molecule has 7 heteroatoms. The summed E-state index contributed by atoms with van der Waals surface area (Å²) in [6.45, 7) is 2.22. The van der Waals surface area contributed by atoms with Crippen LogP contribution in [0.5, 0.6) is 5.75 Å². The second-order valence-electron chi connectivity index (χ2n) is 8.09. The summed E-state index contributed by atoms with van der Waals surface area (Å²) in [5.74, 6) is -0.171. The first-order valence-electron chi connectivity index (χ1n) is 11.8. The van der Waals surface area contributed by atoms with Gasteiger partial charge < -0.3 is 20.1 Å². The molecular formula is C30H26N2O5. The number of amides is 2. The van der Waals surface area contributed by atoms with E-state index in [0.717, 1.165) is 16.7 Å². The maximum absolute atomic E-state index is 12.6. The van der Waals surface area contributed by atoms with E-state index in [0.29, 0.717) is 29.1 Å². The fraction of sp³-hybridized carbons (Fsp3) is 0.100. The number of hydrogen-bond donors (Lipinski definition) is 2. The van der Waals surface area contributed by atoms with E-state index in [1.54, 1.807) is 43.3 Å². The van der Waals surface area contributed by atoms with Gasteiger partial charge in [-0.05, 0) is 72.1 Å². The highest BCUT2D eigenvalue weighted by Gasteiger charge is 2.10. The molecule has 37 heavy (non-hydrogen) atoms. The van der Waals surface area contributed by atoms with Crippen molar-refractivity contribution in [2.45, 2.75) is 13.5 Å². The van der Waals surface area contributed by atoms with E-state index in [1.165, 1.54) is 12.1 Å². The van der Waals surface area contributed by atoms with Gasteiger partial charge in [0.25, 0.3) is 11.8 Å². The van der Waals surface area contributed by atoms with Crippen LogP contribution in [0.15, 0.2) is 103 Å². The zero-order valence-corrected chi connectivity index (χ0v) is 20.3. The third kappa shape index (κ3) is 7.05. The molecule has 0 aliphatic carbocycles. The van der Waals surface area contributed by atoms with Crippen molar-refractivity contribution in [1.29, 1.82) is 0 Å². The van der Waals surface area contributed by atoms with E-state index < -0.39 is 6.16 Å². The van der Waals surface area contributed by atoms with Crippen molar-refractivity contribution in [3.05, 3.63) is 120 Å². The van der Waals surface area contributed by atoms with Crippen LogP contribution in [-0.4, -0.2) is 24.6 Å². The van der Waals surface area contributed by atoms with Crippen molar-refractivity contribution in [3.8, 4) is 16.9 Å². The summed E-state index contributed by atoms with van der Waals surface area (Å²) < 4.78 is 9.71.